The van der Waals surface area contributed by atoms with Gasteiger partial charge in [0.25, 0.3) is 0 Å². The molecule has 368 valence electrons. The van der Waals surface area contributed by atoms with E-state index in [9.17, 15) is 14.4 Å². The molecular formula is C56H108O6. The van der Waals surface area contributed by atoms with Crippen molar-refractivity contribution in [3.63, 3.8) is 0 Å². The summed E-state index contributed by atoms with van der Waals surface area (Å²) in [4.78, 5) is 38.0. The molecule has 0 saturated carbocycles. The maximum atomic E-state index is 12.7. The number of ether oxygens (including phenoxy) is 3. The third-order valence-electron chi connectivity index (χ3n) is 13.1. The average molecular weight is 877 g/mol. The summed E-state index contributed by atoms with van der Waals surface area (Å²) in [5.41, 5.74) is 0. The Bertz CT molecular complexity index is 949. The number of carbonyl (C=O) groups is 3. The van der Waals surface area contributed by atoms with E-state index in [-0.39, 0.29) is 31.1 Å². The highest BCUT2D eigenvalue weighted by molar-refractivity contribution is 5.71. The monoisotopic (exact) mass is 877 g/mol. The van der Waals surface area contributed by atoms with Crippen LogP contribution < -0.4 is 0 Å². The largest absolute Gasteiger partial charge is 0.462 e. The van der Waals surface area contributed by atoms with Crippen molar-refractivity contribution in [2.24, 2.45) is 11.8 Å². The van der Waals surface area contributed by atoms with Gasteiger partial charge < -0.3 is 14.2 Å². The number of unbranched alkanes of at least 4 members (excludes halogenated alkanes) is 34. The van der Waals surface area contributed by atoms with Crippen LogP contribution >= 0.6 is 0 Å². The maximum Gasteiger partial charge on any atom is 0.306 e. The van der Waals surface area contributed by atoms with Crippen molar-refractivity contribution in [1.82, 2.24) is 0 Å². The molecule has 6 nitrogen and oxygen atoms in total. The van der Waals surface area contributed by atoms with Gasteiger partial charge in [-0.25, -0.2) is 0 Å². The summed E-state index contributed by atoms with van der Waals surface area (Å²) in [6.07, 6.45) is 51.0. The van der Waals surface area contributed by atoms with Gasteiger partial charge in [-0.2, -0.15) is 0 Å². The second-order valence-corrected chi connectivity index (χ2v) is 19.9. The Hall–Kier alpha value is -1.59. The first-order valence-electron chi connectivity index (χ1n) is 27.8. The molecule has 2 atom stereocenters. The van der Waals surface area contributed by atoms with Crippen LogP contribution in [0.4, 0.5) is 0 Å². The van der Waals surface area contributed by atoms with E-state index < -0.39 is 6.10 Å². The number of hydrogen-bond donors (Lipinski definition) is 0. The zero-order chi connectivity index (χ0) is 45.4. The van der Waals surface area contributed by atoms with Crippen molar-refractivity contribution in [3.05, 3.63) is 0 Å². The Labute approximate surface area is 387 Å². The van der Waals surface area contributed by atoms with Gasteiger partial charge in [0.1, 0.15) is 13.2 Å². The van der Waals surface area contributed by atoms with Gasteiger partial charge in [0.2, 0.25) is 0 Å². The van der Waals surface area contributed by atoms with Gasteiger partial charge in [-0.15, -0.1) is 0 Å². The first-order chi connectivity index (χ1) is 30.3. The molecule has 0 radical (unpaired) electrons. The number of carbonyl (C=O) groups excluding carboxylic acids is 3. The molecule has 62 heavy (non-hydrogen) atoms. The van der Waals surface area contributed by atoms with Crippen LogP contribution in [0, 0.1) is 11.8 Å². The van der Waals surface area contributed by atoms with E-state index in [0.717, 1.165) is 69.6 Å². The third-order valence-corrected chi connectivity index (χ3v) is 13.1. The molecule has 0 fully saturated rings. The summed E-state index contributed by atoms with van der Waals surface area (Å²) < 4.78 is 16.8. The summed E-state index contributed by atoms with van der Waals surface area (Å²) in [6.45, 7) is 11.4. The second kappa shape index (κ2) is 48.9. The molecule has 0 saturated heterocycles. The molecule has 0 aliphatic carbocycles. The standard InChI is InChI=1S/C56H108O6/c1-6-8-9-10-11-12-13-14-15-16-17-21-24-27-30-36-41-46-54(57)60-49-53(62-56(59)48-43-38-33-32-34-39-44-51(3)4)50-61-55(58)47-42-37-31-28-25-22-19-18-20-23-26-29-35-40-45-52(5)7-2/h51-53H,6-50H2,1-5H3/t52?,53-/m1/s1. The molecule has 0 aromatic rings. The lowest BCUT2D eigenvalue weighted by Gasteiger charge is -2.18. The summed E-state index contributed by atoms with van der Waals surface area (Å²) in [5, 5.41) is 0. The van der Waals surface area contributed by atoms with Gasteiger partial charge in [-0.3, -0.25) is 14.4 Å². The molecule has 0 amide bonds. The van der Waals surface area contributed by atoms with Crippen molar-refractivity contribution in [2.45, 2.75) is 317 Å². The normalized spacial score (nSPS) is 12.5. The van der Waals surface area contributed by atoms with E-state index >= 15 is 0 Å². The Morgan fingerprint density at radius 3 is 0.919 bits per heavy atom. The minimum atomic E-state index is -0.763. The van der Waals surface area contributed by atoms with E-state index in [4.69, 9.17) is 14.2 Å². The van der Waals surface area contributed by atoms with Crippen LogP contribution in [-0.4, -0.2) is 37.2 Å². The van der Waals surface area contributed by atoms with Crippen molar-refractivity contribution >= 4 is 17.9 Å². The highest BCUT2D eigenvalue weighted by Gasteiger charge is 2.19. The molecule has 0 aromatic heterocycles. The topological polar surface area (TPSA) is 78.9 Å². The summed E-state index contributed by atoms with van der Waals surface area (Å²) in [6, 6.07) is 0. The fraction of sp³-hybridized carbons (Fsp3) is 0.946. The van der Waals surface area contributed by atoms with Gasteiger partial charge in [-0.1, -0.05) is 272 Å². The number of esters is 3. The molecule has 0 aliphatic heterocycles. The first kappa shape index (κ1) is 60.4. The zero-order valence-corrected chi connectivity index (χ0v) is 42.5. The van der Waals surface area contributed by atoms with E-state index in [1.54, 1.807) is 0 Å². The van der Waals surface area contributed by atoms with Crippen LogP contribution in [0.25, 0.3) is 0 Å². The first-order valence-corrected chi connectivity index (χ1v) is 27.8. The molecule has 0 aromatic carbocycles. The van der Waals surface area contributed by atoms with Crippen LogP contribution in [0.1, 0.15) is 311 Å². The fourth-order valence-electron chi connectivity index (χ4n) is 8.49. The molecule has 1 unspecified atom stereocenters. The van der Waals surface area contributed by atoms with E-state index in [2.05, 4.69) is 34.6 Å². The summed E-state index contributed by atoms with van der Waals surface area (Å²) in [7, 11) is 0. The molecule has 0 bridgehead atoms. The van der Waals surface area contributed by atoms with Crippen LogP contribution in [0.15, 0.2) is 0 Å². The van der Waals surface area contributed by atoms with Crippen molar-refractivity contribution in [1.29, 1.82) is 0 Å². The molecule has 0 spiro atoms. The minimum Gasteiger partial charge on any atom is -0.462 e. The van der Waals surface area contributed by atoms with Crippen molar-refractivity contribution < 1.29 is 28.6 Å². The van der Waals surface area contributed by atoms with Gasteiger partial charge in [0.05, 0.1) is 0 Å². The average Bonchev–Trinajstić information content (AvgIpc) is 3.26. The highest BCUT2D eigenvalue weighted by atomic mass is 16.6. The van der Waals surface area contributed by atoms with Crippen LogP contribution in [0.2, 0.25) is 0 Å². The maximum absolute atomic E-state index is 12.7. The van der Waals surface area contributed by atoms with Crippen LogP contribution in [0.5, 0.6) is 0 Å². The molecule has 0 N–H and O–H groups in total. The molecule has 6 heteroatoms. The van der Waals surface area contributed by atoms with Gasteiger partial charge in [-0.05, 0) is 31.1 Å². The van der Waals surface area contributed by atoms with Crippen LogP contribution in [0.3, 0.4) is 0 Å². The lowest BCUT2D eigenvalue weighted by molar-refractivity contribution is -0.167. The quantitative estimate of drug-likeness (QED) is 0.0344. The molecule has 0 heterocycles. The minimum absolute atomic E-state index is 0.0643. The van der Waals surface area contributed by atoms with Gasteiger partial charge >= 0.3 is 17.9 Å². The van der Waals surface area contributed by atoms with E-state index in [0.29, 0.717) is 19.3 Å². The van der Waals surface area contributed by atoms with E-state index in [1.807, 2.05) is 0 Å². The lowest BCUT2D eigenvalue weighted by Crippen LogP contribution is -2.30. The van der Waals surface area contributed by atoms with Crippen LogP contribution in [-0.2, 0) is 28.6 Å². The number of rotatable bonds is 50. The smallest absolute Gasteiger partial charge is 0.306 e. The molecular weight excluding hydrogens is 769 g/mol. The zero-order valence-electron chi connectivity index (χ0n) is 42.5. The Morgan fingerprint density at radius 1 is 0.339 bits per heavy atom. The summed E-state index contributed by atoms with van der Waals surface area (Å²) in [5.74, 6) is 0.806. The Morgan fingerprint density at radius 2 is 0.613 bits per heavy atom. The fourth-order valence-corrected chi connectivity index (χ4v) is 8.49. The molecule has 0 rings (SSSR count). The van der Waals surface area contributed by atoms with Gasteiger partial charge in [0.15, 0.2) is 6.10 Å². The van der Waals surface area contributed by atoms with E-state index in [1.165, 1.54) is 199 Å². The lowest BCUT2D eigenvalue weighted by atomic mass is 9.99. The highest BCUT2D eigenvalue weighted by Crippen LogP contribution is 2.18. The van der Waals surface area contributed by atoms with Crippen molar-refractivity contribution in [2.75, 3.05) is 13.2 Å². The van der Waals surface area contributed by atoms with Crippen molar-refractivity contribution in [3.8, 4) is 0 Å². The Balaban J connectivity index is 4.20. The molecule has 0 aliphatic rings. The Kier molecular flexibility index (Phi) is 47.6. The SMILES string of the molecule is CCCCCCCCCCCCCCCCCCCC(=O)OC[C@H](COC(=O)CCCCCCCCCCCCCCCCC(C)CC)OC(=O)CCCCCCCCC(C)C. The second-order valence-electron chi connectivity index (χ2n) is 19.9. The number of hydrogen-bond acceptors (Lipinski definition) is 6. The summed E-state index contributed by atoms with van der Waals surface area (Å²) >= 11 is 0. The van der Waals surface area contributed by atoms with Gasteiger partial charge in [0, 0.05) is 19.3 Å². The third kappa shape index (κ3) is 47.9. The predicted molar refractivity (Wildman–Crippen MR) is 266 cm³/mol. The predicted octanol–water partition coefficient (Wildman–Crippen LogP) is 18.1.